The molecule has 98 valence electrons. The van der Waals surface area contributed by atoms with Gasteiger partial charge in [0.2, 0.25) is 0 Å². The van der Waals surface area contributed by atoms with Crippen LogP contribution >= 0.6 is 11.6 Å². The smallest absolute Gasteiger partial charge is 0.263 e. The molecule has 1 aliphatic heterocycles. The maximum Gasteiger partial charge on any atom is 0.263 e. The molecule has 0 bridgehead atoms. The maximum absolute atomic E-state index is 5.88. The average Bonchev–Trinajstić information content (AvgIpc) is 2.47. The van der Waals surface area contributed by atoms with Gasteiger partial charge in [0.05, 0.1) is 5.69 Å². The molecule has 0 spiro atoms. The Balaban J connectivity index is 2.12. The van der Waals surface area contributed by atoms with E-state index < -0.39 is 0 Å². The van der Waals surface area contributed by atoms with E-state index in [4.69, 9.17) is 21.1 Å². The van der Waals surface area contributed by atoms with Crippen molar-refractivity contribution in [2.24, 2.45) is 0 Å². The van der Waals surface area contributed by atoms with Crippen molar-refractivity contribution in [3.8, 4) is 11.6 Å². The summed E-state index contributed by atoms with van der Waals surface area (Å²) in [6.45, 7) is 0.369. The van der Waals surface area contributed by atoms with Crippen molar-refractivity contribution < 1.29 is 9.47 Å². The van der Waals surface area contributed by atoms with E-state index in [9.17, 15) is 0 Å². The minimum atomic E-state index is 0.369. The number of methoxy groups -OCH3 is 1. The van der Waals surface area contributed by atoms with E-state index in [2.05, 4.69) is 9.97 Å². The first kappa shape index (κ1) is 12.2. The fourth-order valence-electron chi connectivity index (χ4n) is 2.00. The molecule has 0 aliphatic carbocycles. The number of fused-ring (bicyclic) bond motifs is 2. The highest BCUT2D eigenvalue weighted by molar-refractivity contribution is 6.17. The predicted octanol–water partition coefficient (Wildman–Crippen LogP) is 3.06. The van der Waals surface area contributed by atoms with Crippen LogP contribution in [0, 0.1) is 0 Å². The van der Waals surface area contributed by atoms with Crippen molar-refractivity contribution in [1.29, 1.82) is 0 Å². The number of rotatable bonds is 3. The van der Waals surface area contributed by atoms with Crippen LogP contribution in [0.15, 0.2) is 30.6 Å². The maximum atomic E-state index is 5.88. The van der Waals surface area contributed by atoms with Crippen LogP contribution in [0.25, 0.3) is 0 Å². The number of nitrogens with zero attached hydrogens (tertiary/aromatic N) is 3. The highest BCUT2D eigenvalue weighted by Gasteiger charge is 2.26. The molecule has 2 aromatic rings. The van der Waals surface area contributed by atoms with E-state index in [1.54, 1.807) is 19.5 Å². The van der Waals surface area contributed by atoms with Crippen LogP contribution in [0.3, 0.4) is 0 Å². The summed E-state index contributed by atoms with van der Waals surface area (Å²) >= 11 is 5.88. The molecule has 0 unspecified atom stereocenters. The van der Waals surface area contributed by atoms with Crippen LogP contribution in [0.4, 0.5) is 11.5 Å². The van der Waals surface area contributed by atoms with Gasteiger partial charge < -0.3 is 9.47 Å². The van der Waals surface area contributed by atoms with Crippen LogP contribution in [0.5, 0.6) is 11.6 Å². The Labute approximate surface area is 115 Å². The summed E-state index contributed by atoms with van der Waals surface area (Å²) in [5.41, 5.74) is 1.89. The summed E-state index contributed by atoms with van der Waals surface area (Å²) in [5, 5.41) is 0. The first-order valence-electron chi connectivity index (χ1n) is 5.77. The van der Waals surface area contributed by atoms with E-state index in [-0.39, 0.29) is 0 Å². The van der Waals surface area contributed by atoms with Crippen molar-refractivity contribution >= 4 is 23.1 Å². The third-order valence-corrected chi connectivity index (χ3v) is 3.14. The average molecular weight is 278 g/mol. The van der Waals surface area contributed by atoms with Gasteiger partial charge in [0.1, 0.15) is 6.73 Å². The molecule has 1 aromatic carbocycles. The minimum absolute atomic E-state index is 0.369. The first-order chi connectivity index (χ1) is 9.33. The van der Waals surface area contributed by atoms with E-state index in [1.807, 2.05) is 23.1 Å². The van der Waals surface area contributed by atoms with Crippen molar-refractivity contribution in [2.45, 2.75) is 5.88 Å². The zero-order valence-corrected chi connectivity index (χ0v) is 11.1. The van der Waals surface area contributed by atoms with E-state index >= 15 is 0 Å². The van der Waals surface area contributed by atoms with Gasteiger partial charge in [-0.15, -0.1) is 11.6 Å². The van der Waals surface area contributed by atoms with E-state index in [0.717, 1.165) is 17.0 Å². The molecular formula is C13H12ClN3O2. The van der Waals surface area contributed by atoms with Crippen molar-refractivity contribution in [3.05, 3.63) is 36.2 Å². The Kier molecular flexibility index (Phi) is 3.23. The van der Waals surface area contributed by atoms with Crippen LogP contribution in [0.1, 0.15) is 5.56 Å². The van der Waals surface area contributed by atoms with Gasteiger partial charge in [0.25, 0.3) is 5.88 Å². The summed E-state index contributed by atoms with van der Waals surface area (Å²) in [7, 11) is 1.64. The number of anilines is 2. The van der Waals surface area contributed by atoms with Gasteiger partial charge in [-0.05, 0) is 17.7 Å². The zero-order chi connectivity index (χ0) is 13.2. The molecule has 1 aliphatic rings. The number of benzene rings is 1. The second-order valence-electron chi connectivity index (χ2n) is 4.07. The molecule has 0 saturated carbocycles. The summed E-state index contributed by atoms with van der Waals surface area (Å²) in [6, 6.07) is 5.78. The van der Waals surface area contributed by atoms with Gasteiger partial charge >= 0.3 is 0 Å². The fourth-order valence-corrected chi connectivity index (χ4v) is 2.16. The van der Waals surface area contributed by atoms with Gasteiger partial charge in [-0.3, -0.25) is 4.90 Å². The number of ether oxygens (including phenoxy) is 2. The first-order valence-corrected chi connectivity index (χ1v) is 6.31. The largest absolute Gasteiger partial charge is 0.434 e. The minimum Gasteiger partial charge on any atom is -0.434 e. The molecule has 0 atom stereocenters. The molecule has 2 heterocycles. The SMILES string of the molecule is COCN1c2cc(CCl)ccc2Oc2nccnc21. The Morgan fingerprint density at radius 3 is 2.95 bits per heavy atom. The second-order valence-corrected chi connectivity index (χ2v) is 4.34. The lowest BCUT2D eigenvalue weighted by molar-refractivity contribution is 0.203. The summed E-state index contributed by atoms with van der Waals surface area (Å²) in [6.07, 6.45) is 3.23. The molecule has 3 rings (SSSR count). The van der Waals surface area contributed by atoms with Gasteiger partial charge in [0.15, 0.2) is 11.6 Å². The van der Waals surface area contributed by atoms with Crippen molar-refractivity contribution in [1.82, 2.24) is 9.97 Å². The van der Waals surface area contributed by atoms with Crippen LogP contribution in [0.2, 0.25) is 0 Å². The van der Waals surface area contributed by atoms with Crippen LogP contribution in [-0.2, 0) is 10.6 Å². The topological polar surface area (TPSA) is 47.5 Å². The second kappa shape index (κ2) is 5.03. The fraction of sp³-hybridized carbons (Fsp3) is 0.231. The van der Waals surface area contributed by atoms with Gasteiger partial charge in [-0.25, -0.2) is 9.97 Å². The monoisotopic (exact) mass is 277 g/mol. The molecule has 19 heavy (non-hydrogen) atoms. The molecule has 0 amide bonds. The number of hydrogen-bond acceptors (Lipinski definition) is 5. The van der Waals surface area contributed by atoms with Crippen LogP contribution in [-0.4, -0.2) is 23.8 Å². The molecule has 0 N–H and O–H groups in total. The van der Waals surface area contributed by atoms with Gasteiger partial charge in [-0.2, -0.15) is 0 Å². The lowest BCUT2D eigenvalue weighted by Crippen LogP contribution is -2.25. The standard InChI is InChI=1S/C13H12ClN3O2/c1-18-8-17-10-6-9(7-14)2-3-11(10)19-13-12(17)15-4-5-16-13/h2-6H,7-8H2,1H3. The highest BCUT2D eigenvalue weighted by Crippen LogP contribution is 2.44. The van der Waals surface area contributed by atoms with E-state index in [1.165, 1.54) is 0 Å². The normalized spacial score (nSPS) is 12.6. The van der Waals surface area contributed by atoms with Crippen molar-refractivity contribution in [2.75, 3.05) is 18.7 Å². The number of halogens is 1. The van der Waals surface area contributed by atoms with Gasteiger partial charge in [0, 0.05) is 25.4 Å². The Bertz CT molecular complexity index is 606. The summed E-state index contributed by atoms with van der Waals surface area (Å²) in [5.74, 6) is 2.29. The number of hydrogen-bond donors (Lipinski definition) is 0. The molecular weight excluding hydrogens is 266 g/mol. The van der Waals surface area contributed by atoms with Crippen molar-refractivity contribution in [3.63, 3.8) is 0 Å². The molecule has 0 radical (unpaired) electrons. The summed E-state index contributed by atoms with van der Waals surface area (Å²) < 4.78 is 11.0. The molecule has 5 nitrogen and oxygen atoms in total. The predicted molar refractivity (Wildman–Crippen MR) is 72.1 cm³/mol. The molecule has 1 aromatic heterocycles. The molecule has 0 saturated heterocycles. The summed E-state index contributed by atoms with van der Waals surface area (Å²) in [4.78, 5) is 10.4. The highest BCUT2D eigenvalue weighted by atomic mass is 35.5. The van der Waals surface area contributed by atoms with Crippen LogP contribution < -0.4 is 9.64 Å². The lowest BCUT2D eigenvalue weighted by Gasteiger charge is -2.30. The Morgan fingerprint density at radius 1 is 1.32 bits per heavy atom. The molecule has 0 fully saturated rings. The van der Waals surface area contributed by atoms with Gasteiger partial charge in [-0.1, -0.05) is 6.07 Å². The zero-order valence-electron chi connectivity index (χ0n) is 10.3. The molecule has 6 heteroatoms. The number of aromatic nitrogens is 2. The third kappa shape index (κ3) is 2.11. The quantitative estimate of drug-likeness (QED) is 0.807. The Hall–Kier alpha value is -1.85. The van der Waals surface area contributed by atoms with E-state index in [0.29, 0.717) is 24.3 Å². The Morgan fingerprint density at radius 2 is 2.16 bits per heavy atom. The third-order valence-electron chi connectivity index (χ3n) is 2.84. The number of alkyl halides is 1. The lowest BCUT2D eigenvalue weighted by atomic mass is 10.1.